The van der Waals surface area contributed by atoms with E-state index in [-0.39, 0.29) is 23.7 Å². The van der Waals surface area contributed by atoms with E-state index in [9.17, 15) is 17.6 Å². The lowest BCUT2D eigenvalue weighted by Gasteiger charge is -2.44. The summed E-state index contributed by atoms with van der Waals surface area (Å²) in [6.07, 6.45) is 0. The quantitative estimate of drug-likeness (QED) is 0.617. The Morgan fingerprint density at radius 1 is 1.43 bits per heavy atom. The summed E-state index contributed by atoms with van der Waals surface area (Å²) < 4.78 is 44.6. The van der Waals surface area contributed by atoms with Crippen LogP contribution in [-0.2, 0) is 20.1 Å². The number of carbonyl (C=O) groups is 1. The fourth-order valence-corrected chi connectivity index (χ4v) is 5.75. The Kier molecular flexibility index (Phi) is 5.99. The van der Waals surface area contributed by atoms with E-state index >= 15 is 0 Å². The van der Waals surface area contributed by atoms with Gasteiger partial charge in [-0.2, -0.15) is 0 Å². The first-order valence-corrected chi connectivity index (χ1v) is 11.8. The van der Waals surface area contributed by atoms with E-state index in [2.05, 4.69) is 15.6 Å². The van der Waals surface area contributed by atoms with E-state index < -0.39 is 37.6 Å². The fourth-order valence-electron chi connectivity index (χ4n) is 3.29. The van der Waals surface area contributed by atoms with Gasteiger partial charge in [-0.05, 0) is 39.0 Å². The van der Waals surface area contributed by atoms with Crippen LogP contribution >= 0.6 is 11.3 Å². The van der Waals surface area contributed by atoms with Gasteiger partial charge in [0, 0.05) is 23.2 Å². The third kappa shape index (κ3) is 3.96. The maximum absolute atomic E-state index is 14.7. The van der Waals surface area contributed by atoms with E-state index in [1.165, 1.54) is 42.8 Å². The lowest BCUT2D eigenvalue weighted by Crippen LogP contribution is -2.66. The molecule has 3 N–H and O–H groups in total. The average molecular weight is 455 g/mol. The van der Waals surface area contributed by atoms with Gasteiger partial charge in [-0.25, -0.2) is 17.8 Å². The number of nitrogens with one attached hydrogen (secondary N) is 3. The lowest BCUT2D eigenvalue weighted by atomic mass is 9.91. The molecule has 0 radical (unpaired) electrons. The van der Waals surface area contributed by atoms with Crippen molar-refractivity contribution in [3.8, 4) is 0 Å². The molecule has 2 aromatic rings. The maximum atomic E-state index is 14.7. The normalized spacial score (nSPS) is 25.5. The number of benzene rings is 1. The summed E-state index contributed by atoms with van der Waals surface area (Å²) in [5.41, 5.74) is 0.675. The number of thiazole rings is 1. The summed E-state index contributed by atoms with van der Waals surface area (Å²) in [4.78, 5) is 16.2. The van der Waals surface area contributed by atoms with Gasteiger partial charge in [-0.15, -0.1) is 11.3 Å². The van der Waals surface area contributed by atoms with Crippen molar-refractivity contribution in [3.05, 3.63) is 46.2 Å². The minimum atomic E-state index is -3.86. The van der Waals surface area contributed by atoms with Crippen molar-refractivity contribution in [2.45, 2.75) is 31.1 Å². The molecule has 30 heavy (non-hydrogen) atoms. The zero-order valence-electron chi connectivity index (χ0n) is 16.8. The monoisotopic (exact) mass is 454 g/mol. The van der Waals surface area contributed by atoms with Crippen LogP contribution in [0, 0.1) is 11.2 Å². The SMILES string of the molecule is CCOC[C@@]1(C)C(=N)N[C@](C)(c2cc(NC(=O)c3cscn3)ccc2F)CS1(=O)=O. The number of anilines is 1. The highest BCUT2D eigenvalue weighted by Gasteiger charge is 2.54. The van der Waals surface area contributed by atoms with Crippen LogP contribution in [0.5, 0.6) is 0 Å². The summed E-state index contributed by atoms with van der Waals surface area (Å²) in [5.74, 6) is -1.80. The molecular weight excluding hydrogens is 431 g/mol. The number of aromatic nitrogens is 1. The minimum absolute atomic E-state index is 0.0327. The van der Waals surface area contributed by atoms with Crippen LogP contribution in [0.15, 0.2) is 29.1 Å². The summed E-state index contributed by atoms with van der Waals surface area (Å²) in [6.45, 7) is 4.82. The molecular formula is C19H23FN4O4S2. The van der Waals surface area contributed by atoms with Crippen molar-refractivity contribution in [2.75, 3.05) is 24.3 Å². The van der Waals surface area contributed by atoms with Gasteiger partial charge in [0.25, 0.3) is 5.91 Å². The summed E-state index contributed by atoms with van der Waals surface area (Å²) in [5, 5.41) is 15.4. The number of sulfone groups is 1. The van der Waals surface area contributed by atoms with Crippen molar-refractivity contribution in [1.82, 2.24) is 10.3 Å². The van der Waals surface area contributed by atoms with Gasteiger partial charge >= 0.3 is 0 Å². The van der Waals surface area contributed by atoms with Crippen LogP contribution in [0.2, 0.25) is 0 Å². The van der Waals surface area contributed by atoms with Gasteiger partial charge in [0.2, 0.25) is 0 Å². The zero-order valence-corrected chi connectivity index (χ0v) is 18.4. The Balaban J connectivity index is 1.93. The number of carbonyl (C=O) groups excluding carboxylic acids is 1. The van der Waals surface area contributed by atoms with Gasteiger partial charge in [0.15, 0.2) is 9.84 Å². The number of ether oxygens (including phenoxy) is 1. The topological polar surface area (TPSA) is 121 Å². The summed E-state index contributed by atoms with van der Waals surface area (Å²) in [7, 11) is -3.86. The Hall–Kier alpha value is -2.37. The van der Waals surface area contributed by atoms with E-state index in [1.54, 1.807) is 12.3 Å². The number of hydrogen-bond donors (Lipinski definition) is 3. The molecule has 3 rings (SSSR count). The Bertz CT molecular complexity index is 1070. The molecule has 2 atom stereocenters. The van der Waals surface area contributed by atoms with Crippen molar-refractivity contribution in [1.29, 1.82) is 5.41 Å². The second-order valence-corrected chi connectivity index (χ2v) is 10.6. The van der Waals surface area contributed by atoms with Gasteiger partial charge in [-0.3, -0.25) is 10.2 Å². The maximum Gasteiger partial charge on any atom is 0.275 e. The Labute approximate surface area is 178 Å². The van der Waals surface area contributed by atoms with Gasteiger partial charge in [0.05, 0.1) is 23.4 Å². The third-order valence-electron chi connectivity index (χ3n) is 5.16. The average Bonchev–Trinajstić information content (AvgIpc) is 3.20. The minimum Gasteiger partial charge on any atom is -0.380 e. The highest BCUT2D eigenvalue weighted by atomic mass is 32.2. The lowest BCUT2D eigenvalue weighted by molar-refractivity contribution is 0.102. The standard InChI is InChI=1S/C19H23FN4O4S2/c1-4-28-9-19(3)17(21)24-18(2,10-30(19,26)27)13-7-12(5-6-14(13)20)23-16(25)15-8-29-11-22-15/h5-8,11H,4,9-10H2,1-3H3,(H2,21,24)(H,23,25)/t18-,19-/m0/s1. The highest BCUT2D eigenvalue weighted by molar-refractivity contribution is 7.93. The highest BCUT2D eigenvalue weighted by Crippen LogP contribution is 2.36. The molecule has 11 heteroatoms. The van der Waals surface area contributed by atoms with Crippen LogP contribution in [-0.4, -0.2) is 48.9 Å². The molecule has 0 unspecified atom stereocenters. The molecule has 0 aliphatic carbocycles. The third-order valence-corrected chi connectivity index (χ3v) is 8.40. The van der Waals surface area contributed by atoms with Crippen molar-refractivity contribution in [3.63, 3.8) is 0 Å². The molecule has 1 aliphatic heterocycles. The number of amidine groups is 1. The van der Waals surface area contributed by atoms with Crippen molar-refractivity contribution < 1.29 is 22.3 Å². The number of nitrogens with zero attached hydrogens (tertiary/aromatic N) is 1. The van der Waals surface area contributed by atoms with E-state index in [0.29, 0.717) is 12.3 Å². The van der Waals surface area contributed by atoms with Gasteiger partial charge in [0.1, 0.15) is 22.1 Å². The molecule has 0 bridgehead atoms. The molecule has 0 spiro atoms. The molecule has 0 saturated carbocycles. The number of rotatable bonds is 6. The molecule has 1 aliphatic rings. The second-order valence-electron chi connectivity index (χ2n) is 7.48. The Morgan fingerprint density at radius 3 is 2.77 bits per heavy atom. The molecule has 1 saturated heterocycles. The van der Waals surface area contributed by atoms with Crippen molar-refractivity contribution in [2.24, 2.45) is 0 Å². The smallest absolute Gasteiger partial charge is 0.275 e. The van der Waals surface area contributed by atoms with Crippen LogP contribution in [0.1, 0.15) is 36.8 Å². The van der Waals surface area contributed by atoms with Crippen LogP contribution in [0.25, 0.3) is 0 Å². The molecule has 162 valence electrons. The Morgan fingerprint density at radius 2 is 2.17 bits per heavy atom. The largest absolute Gasteiger partial charge is 0.380 e. The van der Waals surface area contributed by atoms with Gasteiger partial charge < -0.3 is 15.4 Å². The first-order valence-electron chi connectivity index (χ1n) is 9.19. The zero-order chi connectivity index (χ0) is 22.2. The van der Waals surface area contributed by atoms with Crippen LogP contribution in [0.4, 0.5) is 10.1 Å². The van der Waals surface area contributed by atoms with Crippen LogP contribution < -0.4 is 10.6 Å². The first-order chi connectivity index (χ1) is 14.0. The fraction of sp³-hybridized carbons (Fsp3) is 0.421. The molecule has 1 aromatic carbocycles. The number of halogens is 1. The van der Waals surface area contributed by atoms with Crippen molar-refractivity contribution >= 4 is 38.6 Å². The molecule has 1 amide bonds. The number of hydrogen-bond acceptors (Lipinski definition) is 7. The molecule has 8 nitrogen and oxygen atoms in total. The van der Waals surface area contributed by atoms with E-state index in [4.69, 9.17) is 10.1 Å². The van der Waals surface area contributed by atoms with Gasteiger partial charge in [-0.1, -0.05) is 0 Å². The molecule has 1 aromatic heterocycles. The predicted octanol–water partition coefficient (Wildman–Crippen LogP) is 2.54. The molecule has 2 heterocycles. The summed E-state index contributed by atoms with van der Waals surface area (Å²) in [6, 6.07) is 3.91. The second kappa shape index (κ2) is 8.05. The van der Waals surface area contributed by atoms with Crippen LogP contribution in [0.3, 0.4) is 0 Å². The molecule has 1 fully saturated rings. The van der Waals surface area contributed by atoms with E-state index in [0.717, 1.165) is 6.07 Å². The first kappa shape index (κ1) is 22.3. The summed E-state index contributed by atoms with van der Waals surface area (Å²) >= 11 is 1.27. The van der Waals surface area contributed by atoms with E-state index in [1.807, 2.05) is 0 Å². The predicted molar refractivity (Wildman–Crippen MR) is 113 cm³/mol. The number of amides is 1.